The summed E-state index contributed by atoms with van der Waals surface area (Å²) in [6.07, 6.45) is 0.797. The number of ketones is 1. The van der Waals surface area contributed by atoms with Crippen molar-refractivity contribution in [3.63, 3.8) is 0 Å². The van der Waals surface area contributed by atoms with E-state index in [1.165, 1.54) is 0 Å². The Morgan fingerprint density at radius 3 is 2.09 bits per heavy atom. The van der Waals surface area contributed by atoms with E-state index in [1.54, 1.807) is 4.90 Å². The number of nitrogens with zero attached hydrogens (tertiary/aromatic N) is 1. The maximum Gasteiger partial charge on any atom is 0.295 e. The van der Waals surface area contributed by atoms with Crippen molar-refractivity contribution in [2.24, 2.45) is 0 Å². The summed E-state index contributed by atoms with van der Waals surface area (Å²) in [5.74, 6) is -1.05. The monoisotopic (exact) mass is 424 g/mol. The first kappa shape index (κ1) is 20.2. The van der Waals surface area contributed by atoms with Gasteiger partial charge in [-0.25, -0.2) is 0 Å². The molecule has 5 rings (SSSR count). The van der Waals surface area contributed by atoms with Crippen molar-refractivity contribution < 1.29 is 14.7 Å². The Kier molecular flexibility index (Phi) is 5.11. The molecule has 0 bridgehead atoms. The molecule has 1 aliphatic rings. The molecule has 2 N–H and O–H groups in total. The molecule has 160 valence electrons. The van der Waals surface area contributed by atoms with Crippen molar-refractivity contribution in [3.8, 4) is 11.3 Å². The third-order valence-corrected chi connectivity index (χ3v) is 6.38. The van der Waals surface area contributed by atoms with Crippen molar-refractivity contribution >= 4 is 22.6 Å². The van der Waals surface area contributed by atoms with Crippen molar-refractivity contribution in [1.82, 2.24) is 9.88 Å². The summed E-state index contributed by atoms with van der Waals surface area (Å²) in [7, 11) is 0. The summed E-state index contributed by atoms with van der Waals surface area (Å²) >= 11 is 0. The highest BCUT2D eigenvalue weighted by Crippen LogP contribution is 2.34. The highest BCUT2D eigenvalue weighted by atomic mass is 16.3. The van der Waals surface area contributed by atoms with Gasteiger partial charge in [0.15, 0.2) is 0 Å². The van der Waals surface area contributed by atoms with Gasteiger partial charge in [0.2, 0.25) is 0 Å². The Labute approximate surface area is 186 Å². The van der Waals surface area contributed by atoms with Crippen molar-refractivity contribution in [2.75, 3.05) is 13.1 Å². The summed E-state index contributed by atoms with van der Waals surface area (Å²) in [5, 5.41) is 11.8. The molecule has 3 aromatic carbocycles. The molecule has 0 spiro atoms. The van der Waals surface area contributed by atoms with Gasteiger partial charge in [-0.1, -0.05) is 78.9 Å². The number of para-hydroxylation sites is 1. The van der Waals surface area contributed by atoms with Gasteiger partial charge in [0.25, 0.3) is 11.7 Å². The molecule has 0 aliphatic carbocycles. The minimum absolute atomic E-state index is 0.332. The summed E-state index contributed by atoms with van der Waals surface area (Å²) in [6.45, 7) is 0.665. The third kappa shape index (κ3) is 3.51. The Bertz CT molecular complexity index is 1270. The van der Waals surface area contributed by atoms with Crippen LogP contribution in [0.4, 0.5) is 0 Å². The zero-order valence-corrected chi connectivity index (χ0v) is 17.6. The number of H-pyrrole nitrogens is 1. The quantitative estimate of drug-likeness (QED) is 0.373. The minimum atomic E-state index is -0.975. The van der Waals surface area contributed by atoms with Crippen LogP contribution in [-0.2, 0) is 10.4 Å². The number of amides is 1. The van der Waals surface area contributed by atoms with Gasteiger partial charge in [-0.2, -0.15) is 0 Å². The summed E-state index contributed by atoms with van der Waals surface area (Å²) in [4.78, 5) is 31.6. The Morgan fingerprint density at radius 2 is 1.41 bits per heavy atom. The smallest absolute Gasteiger partial charge is 0.295 e. The Hall–Kier alpha value is -3.70. The van der Waals surface area contributed by atoms with Crippen LogP contribution in [0.5, 0.6) is 0 Å². The van der Waals surface area contributed by atoms with Crippen LogP contribution in [0.2, 0.25) is 0 Å². The fourth-order valence-electron chi connectivity index (χ4n) is 4.57. The van der Waals surface area contributed by atoms with Gasteiger partial charge >= 0.3 is 0 Å². The molecule has 1 amide bonds. The normalized spacial score (nSPS) is 15.6. The van der Waals surface area contributed by atoms with Crippen molar-refractivity contribution in [1.29, 1.82) is 0 Å². The summed E-state index contributed by atoms with van der Waals surface area (Å²) in [6, 6.07) is 26.6. The average molecular weight is 425 g/mol. The molecule has 0 atom stereocenters. The van der Waals surface area contributed by atoms with E-state index in [0.717, 1.165) is 22.0 Å². The molecule has 32 heavy (non-hydrogen) atoms. The van der Waals surface area contributed by atoms with E-state index in [2.05, 4.69) is 4.98 Å². The molecular formula is C27H24N2O3. The first-order chi connectivity index (χ1) is 15.6. The molecule has 1 aliphatic heterocycles. The number of fused-ring (bicyclic) bond motifs is 1. The zero-order valence-electron chi connectivity index (χ0n) is 17.6. The van der Waals surface area contributed by atoms with Gasteiger partial charge in [0, 0.05) is 24.0 Å². The maximum absolute atomic E-state index is 13.5. The van der Waals surface area contributed by atoms with Crippen LogP contribution >= 0.6 is 0 Å². The predicted octanol–water partition coefficient (Wildman–Crippen LogP) is 4.53. The predicted molar refractivity (Wildman–Crippen MR) is 124 cm³/mol. The number of aromatic amines is 1. The third-order valence-electron chi connectivity index (χ3n) is 6.38. The molecule has 0 radical (unpaired) electrons. The number of likely N-dealkylation sites (tertiary alicyclic amines) is 1. The SMILES string of the molecule is O=C(C(=O)N1CCC(O)(c2ccccc2)CC1)c1c(-c2ccccc2)[nH]c2ccccc12. The van der Waals surface area contributed by atoms with Crippen LogP contribution in [0.15, 0.2) is 84.9 Å². The lowest BCUT2D eigenvalue weighted by atomic mass is 9.84. The second-order valence-electron chi connectivity index (χ2n) is 8.31. The van der Waals surface area contributed by atoms with Crippen LogP contribution in [0, 0.1) is 0 Å². The number of carbonyl (C=O) groups excluding carboxylic acids is 2. The molecule has 4 aromatic rings. The highest BCUT2D eigenvalue weighted by Gasteiger charge is 2.37. The molecule has 5 heteroatoms. The number of benzene rings is 3. The van der Waals surface area contributed by atoms with E-state index in [1.807, 2.05) is 84.9 Å². The van der Waals surface area contributed by atoms with Gasteiger partial charge in [0.1, 0.15) is 0 Å². The zero-order chi connectivity index (χ0) is 22.1. The van der Waals surface area contributed by atoms with Gasteiger partial charge in [-0.05, 0) is 30.0 Å². The number of nitrogens with one attached hydrogen (secondary N) is 1. The fourth-order valence-corrected chi connectivity index (χ4v) is 4.57. The lowest BCUT2D eigenvalue weighted by Gasteiger charge is -2.38. The standard InChI is InChI=1S/C27H24N2O3/c30-25(26(31)29-17-15-27(32,16-18-29)20-11-5-2-6-12-20)23-21-13-7-8-14-22(21)28-24(23)19-9-3-1-4-10-19/h1-14,28,32H,15-18H2. The number of hydrogen-bond acceptors (Lipinski definition) is 3. The second kappa shape index (κ2) is 8.09. The topological polar surface area (TPSA) is 73.4 Å². The van der Waals surface area contributed by atoms with E-state index in [0.29, 0.717) is 37.2 Å². The van der Waals surface area contributed by atoms with E-state index in [-0.39, 0.29) is 0 Å². The number of piperidine rings is 1. The van der Waals surface area contributed by atoms with Crippen LogP contribution in [0.3, 0.4) is 0 Å². The maximum atomic E-state index is 13.5. The first-order valence-electron chi connectivity index (χ1n) is 10.8. The van der Waals surface area contributed by atoms with E-state index in [4.69, 9.17) is 0 Å². The number of Topliss-reactive ketones (excluding diaryl/α,β-unsaturated/α-hetero) is 1. The largest absolute Gasteiger partial charge is 0.385 e. The number of hydrogen-bond donors (Lipinski definition) is 2. The van der Waals surface area contributed by atoms with Gasteiger partial charge in [0.05, 0.1) is 16.9 Å². The van der Waals surface area contributed by atoms with E-state index >= 15 is 0 Å². The molecule has 5 nitrogen and oxygen atoms in total. The summed E-state index contributed by atoms with van der Waals surface area (Å²) < 4.78 is 0. The number of carbonyl (C=O) groups is 2. The lowest BCUT2D eigenvalue weighted by Crippen LogP contribution is -2.47. The van der Waals surface area contributed by atoms with Crippen LogP contribution in [0.1, 0.15) is 28.8 Å². The highest BCUT2D eigenvalue weighted by molar-refractivity contribution is 6.46. The molecule has 0 saturated carbocycles. The van der Waals surface area contributed by atoms with E-state index < -0.39 is 17.3 Å². The molecular weight excluding hydrogens is 400 g/mol. The average Bonchev–Trinajstić information content (AvgIpc) is 3.24. The van der Waals surface area contributed by atoms with Gasteiger partial charge < -0.3 is 15.0 Å². The number of aromatic nitrogens is 1. The molecule has 2 heterocycles. The fraction of sp³-hybridized carbons (Fsp3) is 0.185. The molecule has 1 aromatic heterocycles. The first-order valence-corrected chi connectivity index (χ1v) is 10.8. The van der Waals surface area contributed by atoms with Crippen molar-refractivity contribution in [2.45, 2.75) is 18.4 Å². The van der Waals surface area contributed by atoms with E-state index in [9.17, 15) is 14.7 Å². The summed E-state index contributed by atoms with van der Waals surface area (Å²) in [5.41, 5.74) is 2.61. The van der Waals surface area contributed by atoms with Crippen LogP contribution in [0.25, 0.3) is 22.2 Å². The number of rotatable bonds is 4. The van der Waals surface area contributed by atoms with Gasteiger partial charge in [-0.15, -0.1) is 0 Å². The number of aliphatic hydroxyl groups is 1. The Balaban J connectivity index is 1.43. The molecule has 0 unspecified atom stereocenters. The van der Waals surface area contributed by atoms with Gasteiger partial charge in [-0.3, -0.25) is 9.59 Å². The minimum Gasteiger partial charge on any atom is -0.385 e. The Morgan fingerprint density at radius 1 is 0.812 bits per heavy atom. The van der Waals surface area contributed by atoms with Crippen molar-refractivity contribution in [3.05, 3.63) is 96.1 Å². The van der Waals surface area contributed by atoms with Crippen LogP contribution < -0.4 is 0 Å². The van der Waals surface area contributed by atoms with Crippen LogP contribution in [-0.4, -0.2) is 39.8 Å². The molecule has 1 saturated heterocycles. The molecule has 1 fully saturated rings. The lowest BCUT2D eigenvalue weighted by molar-refractivity contribution is -0.130. The second-order valence-corrected chi connectivity index (χ2v) is 8.31.